The van der Waals surface area contributed by atoms with Gasteiger partial charge in [0, 0.05) is 17.8 Å². The molecular weight excluding hydrogens is 241 g/mol. The second-order valence-corrected chi connectivity index (χ2v) is 5.08. The fourth-order valence-corrected chi connectivity index (χ4v) is 2.54. The molecule has 1 aromatic carbocycles. The van der Waals surface area contributed by atoms with Crippen LogP contribution in [0.5, 0.6) is 0 Å². The summed E-state index contributed by atoms with van der Waals surface area (Å²) in [7, 11) is 0. The number of rotatable bonds is 3. The third kappa shape index (κ3) is 3.01. The van der Waals surface area contributed by atoms with Crippen LogP contribution >= 0.6 is 0 Å². The van der Waals surface area contributed by atoms with Crippen molar-refractivity contribution in [2.75, 3.05) is 6.54 Å². The van der Waals surface area contributed by atoms with Gasteiger partial charge in [-0.15, -0.1) is 0 Å². The summed E-state index contributed by atoms with van der Waals surface area (Å²) in [5.74, 6) is -0.213. The average Bonchev–Trinajstić information content (AvgIpc) is 2.89. The predicted molar refractivity (Wildman–Crippen MR) is 73.3 cm³/mol. The molecule has 0 spiro atoms. The van der Waals surface area contributed by atoms with Crippen molar-refractivity contribution in [2.45, 2.75) is 31.8 Å². The number of hydrogen-bond acceptors (Lipinski definition) is 2. The van der Waals surface area contributed by atoms with E-state index in [2.05, 4.69) is 10.4 Å². The number of aromatic nitrogens is 2. The van der Waals surface area contributed by atoms with Crippen molar-refractivity contribution in [1.82, 2.24) is 15.1 Å². The van der Waals surface area contributed by atoms with Gasteiger partial charge in [0.25, 0.3) is 0 Å². The standard InChI is InChI=1S/C15H18FN3/c16-13-6-4-12(5-7-13)15-8-10-19(18-15)11-14-3-1-2-9-17-14/h4-8,10,14,17H,1-3,9,11H2. The van der Waals surface area contributed by atoms with Crippen LogP contribution in [0, 0.1) is 5.82 Å². The van der Waals surface area contributed by atoms with E-state index >= 15 is 0 Å². The molecule has 1 atom stereocenters. The van der Waals surface area contributed by atoms with E-state index in [9.17, 15) is 4.39 Å². The van der Waals surface area contributed by atoms with Crippen LogP contribution in [0.2, 0.25) is 0 Å². The summed E-state index contributed by atoms with van der Waals surface area (Å²) in [5, 5.41) is 8.07. The molecule has 100 valence electrons. The van der Waals surface area contributed by atoms with Gasteiger partial charge in [-0.3, -0.25) is 4.68 Å². The van der Waals surface area contributed by atoms with E-state index in [1.807, 2.05) is 16.9 Å². The lowest BCUT2D eigenvalue weighted by molar-refractivity contribution is 0.351. The number of halogens is 1. The first kappa shape index (κ1) is 12.4. The first-order valence-electron chi connectivity index (χ1n) is 6.84. The zero-order valence-electron chi connectivity index (χ0n) is 10.8. The fraction of sp³-hybridized carbons (Fsp3) is 0.400. The van der Waals surface area contributed by atoms with Crippen LogP contribution in [0.15, 0.2) is 36.5 Å². The summed E-state index contributed by atoms with van der Waals surface area (Å²) in [4.78, 5) is 0. The molecule has 3 rings (SSSR count). The summed E-state index contributed by atoms with van der Waals surface area (Å²) >= 11 is 0. The van der Waals surface area contributed by atoms with Crippen molar-refractivity contribution in [1.29, 1.82) is 0 Å². The molecule has 0 radical (unpaired) electrons. The maximum Gasteiger partial charge on any atom is 0.123 e. The average molecular weight is 259 g/mol. The highest BCUT2D eigenvalue weighted by Gasteiger charge is 2.13. The van der Waals surface area contributed by atoms with Gasteiger partial charge in [0.15, 0.2) is 0 Å². The van der Waals surface area contributed by atoms with Gasteiger partial charge in [0.2, 0.25) is 0 Å². The summed E-state index contributed by atoms with van der Waals surface area (Å²) in [6.07, 6.45) is 5.78. The molecule has 1 saturated heterocycles. The van der Waals surface area contributed by atoms with Crippen LogP contribution in [-0.4, -0.2) is 22.4 Å². The molecule has 1 fully saturated rings. The molecule has 0 aliphatic carbocycles. The first-order valence-corrected chi connectivity index (χ1v) is 6.84. The van der Waals surface area contributed by atoms with Gasteiger partial charge in [0.05, 0.1) is 12.2 Å². The second-order valence-electron chi connectivity index (χ2n) is 5.08. The van der Waals surface area contributed by atoms with E-state index < -0.39 is 0 Å². The van der Waals surface area contributed by atoms with Crippen molar-refractivity contribution in [3.05, 3.63) is 42.3 Å². The molecule has 1 aromatic heterocycles. The van der Waals surface area contributed by atoms with Crippen molar-refractivity contribution >= 4 is 0 Å². The van der Waals surface area contributed by atoms with Gasteiger partial charge in [-0.1, -0.05) is 6.42 Å². The van der Waals surface area contributed by atoms with Gasteiger partial charge < -0.3 is 5.32 Å². The number of nitrogens with zero attached hydrogens (tertiary/aromatic N) is 2. The van der Waals surface area contributed by atoms with Crippen molar-refractivity contribution in [2.24, 2.45) is 0 Å². The van der Waals surface area contributed by atoms with Crippen molar-refractivity contribution in [3.63, 3.8) is 0 Å². The van der Waals surface area contributed by atoms with Crippen molar-refractivity contribution < 1.29 is 4.39 Å². The minimum Gasteiger partial charge on any atom is -0.312 e. The molecule has 1 aliphatic heterocycles. The minimum atomic E-state index is -0.213. The van der Waals surface area contributed by atoms with E-state index in [0.29, 0.717) is 6.04 Å². The number of benzene rings is 1. The Balaban J connectivity index is 1.70. The molecule has 19 heavy (non-hydrogen) atoms. The van der Waals surface area contributed by atoms with Crippen LogP contribution in [0.3, 0.4) is 0 Å². The third-order valence-corrected chi connectivity index (χ3v) is 3.60. The monoisotopic (exact) mass is 259 g/mol. The lowest BCUT2D eigenvalue weighted by atomic mass is 10.1. The Hall–Kier alpha value is -1.68. The molecular formula is C15H18FN3. The van der Waals surface area contributed by atoms with E-state index in [0.717, 1.165) is 24.3 Å². The molecule has 0 amide bonds. The number of hydrogen-bond donors (Lipinski definition) is 1. The molecule has 3 nitrogen and oxygen atoms in total. The lowest BCUT2D eigenvalue weighted by Gasteiger charge is -2.23. The van der Waals surface area contributed by atoms with Gasteiger partial charge >= 0.3 is 0 Å². The topological polar surface area (TPSA) is 29.9 Å². The Morgan fingerprint density at radius 2 is 2.05 bits per heavy atom. The van der Waals surface area contributed by atoms with Gasteiger partial charge in [0.1, 0.15) is 5.82 Å². The summed E-state index contributed by atoms with van der Waals surface area (Å²) in [6, 6.07) is 8.97. The zero-order valence-corrected chi connectivity index (χ0v) is 10.8. The Labute approximate surface area is 112 Å². The van der Waals surface area contributed by atoms with Crippen LogP contribution in [0.4, 0.5) is 4.39 Å². The van der Waals surface area contributed by atoms with E-state index in [1.165, 1.54) is 31.4 Å². The molecule has 1 aliphatic rings. The SMILES string of the molecule is Fc1ccc(-c2ccn(CC3CCCCN3)n2)cc1. The maximum atomic E-state index is 12.9. The largest absolute Gasteiger partial charge is 0.312 e. The predicted octanol–water partition coefficient (Wildman–Crippen LogP) is 2.83. The van der Waals surface area contributed by atoms with E-state index in [4.69, 9.17) is 0 Å². The third-order valence-electron chi connectivity index (χ3n) is 3.60. The summed E-state index contributed by atoms with van der Waals surface area (Å²) < 4.78 is 14.9. The Kier molecular flexibility index (Phi) is 3.60. The molecule has 2 aromatic rings. The van der Waals surface area contributed by atoms with Crippen LogP contribution in [-0.2, 0) is 6.54 Å². The maximum absolute atomic E-state index is 12.9. The highest BCUT2D eigenvalue weighted by molar-refractivity contribution is 5.58. The minimum absolute atomic E-state index is 0.213. The fourth-order valence-electron chi connectivity index (χ4n) is 2.54. The normalized spacial score (nSPS) is 19.5. The number of nitrogens with one attached hydrogen (secondary N) is 1. The van der Waals surface area contributed by atoms with Crippen LogP contribution in [0.25, 0.3) is 11.3 Å². The number of piperidine rings is 1. The molecule has 1 N–H and O–H groups in total. The Morgan fingerprint density at radius 3 is 2.79 bits per heavy atom. The summed E-state index contributed by atoms with van der Waals surface area (Å²) in [6.45, 7) is 2.01. The lowest BCUT2D eigenvalue weighted by Crippen LogP contribution is -2.37. The highest BCUT2D eigenvalue weighted by Crippen LogP contribution is 2.17. The van der Waals surface area contributed by atoms with E-state index in [1.54, 1.807) is 12.1 Å². The quantitative estimate of drug-likeness (QED) is 0.918. The first-order chi connectivity index (χ1) is 9.31. The zero-order chi connectivity index (χ0) is 13.1. The molecule has 1 unspecified atom stereocenters. The van der Waals surface area contributed by atoms with E-state index in [-0.39, 0.29) is 5.82 Å². The molecule has 4 heteroatoms. The van der Waals surface area contributed by atoms with Gasteiger partial charge in [-0.2, -0.15) is 5.10 Å². The van der Waals surface area contributed by atoms with Crippen LogP contribution < -0.4 is 5.32 Å². The van der Waals surface area contributed by atoms with Crippen LogP contribution in [0.1, 0.15) is 19.3 Å². The Morgan fingerprint density at radius 1 is 1.21 bits per heavy atom. The highest BCUT2D eigenvalue weighted by atomic mass is 19.1. The molecule has 0 saturated carbocycles. The van der Waals surface area contributed by atoms with Gasteiger partial charge in [-0.05, 0) is 49.7 Å². The molecule has 2 heterocycles. The van der Waals surface area contributed by atoms with Crippen molar-refractivity contribution in [3.8, 4) is 11.3 Å². The second kappa shape index (κ2) is 5.53. The molecule has 0 bridgehead atoms. The summed E-state index contributed by atoms with van der Waals surface area (Å²) in [5.41, 5.74) is 1.85. The smallest absolute Gasteiger partial charge is 0.123 e. The van der Waals surface area contributed by atoms with Gasteiger partial charge in [-0.25, -0.2) is 4.39 Å². The Bertz CT molecular complexity index is 527.